The third kappa shape index (κ3) is 7.83. The average Bonchev–Trinajstić information content (AvgIpc) is 2.80. The first-order valence-corrected chi connectivity index (χ1v) is 11.3. The van der Waals surface area contributed by atoms with Gasteiger partial charge in [-0.3, -0.25) is 14.6 Å². The number of rotatable bonds is 9. The van der Waals surface area contributed by atoms with E-state index in [0.29, 0.717) is 6.42 Å². The van der Waals surface area contributed by atoms with Gasteiger partial charge >= 0.3 is 5.97 Å². The number of nitrogens with zero attached hydrogens (tertiary/aromatic N) is 1. The van der Waals surface area contributed by atoms with Crippen LogP contribution in [0, 0.1) is 5.92 Å². The van der Waals surface area contributed by atoms with Gasteiger partial charge in [-0.25, -0.2) is 0 Å². The Morgan fingerprint density at radius 1 is 0.788 bits per heavy atom. The SMILES string of the molecule is CC(C)(C)OC(=O)[C@H](CC(=O)CN=C(c1ccccc1)c1ccccc1)Cc1ccccc1. The highest BCUT2D eigenvalue weighted by atomic mass is 16.6. The van der Waals surface area contributed by atoms with Crippen molar-refractivity contribution in [2.24, 2.45) is 10.9 Å². The van der Waals surface area contributed by atoms with Crippen LogP contribution in [0.25, 0.3) is 0 Å². The first kappa shape index (κ1) is 24.1. The molecular weight excluding hydrogens is 410 g/mol. The molecule has 170 valence electrons. The average molecular weight is 442 g/mol. The highest BCUT2D eigenvalue weighted by Gasteiger charge is 2.27. The molecule has 0 spiro atoms. The fraction of sp³-hybridized carbons (Fsp3) is 0.276. The predicted molar refractivity (Wildman–Crippen MR) is 132 cm³/mol. The monoisotopic (exact) mass is 441 g/mol. The molecule has 0 aliphatic rings. The summed E-state index contributed by atoms with van der Waals surface area (Å²) in [6.07, 6.45) is 0.541. The van der Waals surface area contributed by atoms with Crippen LogP contribution in [-0.2, 0) is 20.7 Å². The highest BCUT2D eigenvalue weighted by molar-refractivity contribution is 6.13. The fourth-order valence-corrected chi connectivity index (χ4v) is 3.57. The van der Waals surface area contributed by atoms with E-state index in [0.717, 1.165) is 22.4 Å². The standard InChI is InChI=1S/C29H31NO3/c1-29(2,3)33-28(32)25(19-22-13-7-4-8-14-22)20-26(31)21-30-27(23-15-9-5-10-16-23)24-17-11-6-12-18-24/h4-18,25H,19-21H2,1-3H3/t25-/m0/s1. The molecule has 0 N–H and O–H groups in total. The second-order valence-corrected chi connectivity index (χ2v) is 9.06. The summed E-state index contributed by atoms with van der Waals surface area (Å²) >= 11 is 0. The van der Waals surface area contributed by atoms with E-state index in [9.17, 15) is 9.59 Å². The third-order valence-electron chi connectivity index (χ3n) is 5.05. The molecule has 0 aromatic heterocycles. The van der Waals surface area contributed by atoms with Crippen LogP contribution < -0.4 is 0 Å². The predicted octanol–water partition coefficient (Wildman–Crippen LogP) is 5.68. The third-order valence-corrected chi connectivity index (χ3v) is 5.05. The Bertz CT molecular complexity index is 1030. The number of ketones is 1. The Labute approximate surface area is 196 Å². The number of carbonyl (C=O) groups excluding carboxylic acids is 2. The molecule has 4 nitrogen and oxygen atoms in total. The lowest BCUT2D eigenvalue weighted by Gasteiger charge is -2.23. The van der Waals surface area contributed by atoms with Gasteiger partial charge in [-0.05, 0) is 32.8 Å². The lowest BCUT2D eigenvalue weighted by atomic mass is 9.94. The lowest BCUT2D eigenvalue weighted by molar-refractivity contribution is -0.161. The van der Waals surface area contributed by atoms with E-state index in [1.165, 1.54) is 0 Å². The molecule has 0 radical (unpaired) electrons. The van der Waals surface area contributed by atoms with Crippen molar-refractivity contribution in [3.05, 3.63) is 108 Å². The zero-order valence-electron chi connectivity index (χ0n) is 19.5. The number of hydrogen-bond acceptors (Lipinski definition) is 4. The maximum Gasteiger partial charge on any atom is 0.310 e. The molecular formula is C29H31NO3. The van der Waals surface area contributed by atoms with Gasteiger partial charge < -0.3 is 4.74 Å². The minimum absolute atomic E-state index is 0.00715. The van der Waals surface area contributed by atoms with Crippen molar-refractivity contribution in [2.45, 2.75) is 39.2 Å². The van der Waals surface area contributed by atoms with E-state index >= 15 is 0 Å². The Balaban J connectivity index is 1.78. The summed E-state index contributed by atoms with van der Waals surface area (Å²) in [7, 11) is 0. The largest absolute Gasteiger partial charge is 0.460 e. The van der Waals surface area contributed by atoms with Gasteiger partial charge in [0.1, 0.15) is 5.60 Å². The second kappa shape index (κ2) is 11.4. The molecule has 0 aliphatic heterocycles. The molecule has 0 bridgehead atoms. The molecule has 33 heavy (non-hydrogen) atoms. The molecule has 3 aromatic rings. The summed E-state index contributed by atoms with van der Waals surface area (Å²) in [5, 5.41) is 0. The second-order valence-electron chi connectivity index (χ2n) is 9.06. The minimum Gasteiger partial charge on any atom is -0.460 e. The molecule has 0 fully saturated rings. The van der Waals surface area contributed by atoms with Gasteiger partial charge in [0, 0.05) is 17.5 Å². The molecule has 0 unspecified atom stereocenters. The lowest BCUT2D eigenvalue weighted by Crippen LogP contribution is -2.31. The molecule has 3 rings (SSSR count). The van der Waals surface area contributed by atoms with Gasteiger partial charge in [-0.15, -0.1) is 0 Å². The van der Waals surface area contributed by atoms with E-state index < -0.39 is 11.5 Å². The van der Waals surface area contributed by atoms with Gasteiger partial charge in [0.05, 0.1) is 18.2 Å². The van der Waals surface area contributed by atoms with Crippen LogP contribution in [0.4, 0.5) is 0 Å². The fourth-order valence-electron chi connectivity index (χ4n) is 3.57. The Morgan fingerprint density at radius 3 is 1.76 bits per heavy atom. The molecule has 0 heterocycles. The summed E-state index contributed by atoms with van der Waals surface area (Å²) < 4.78 is 5.61. The summed E-state index contributed by atoms with van der Waals surface area (Å²) in [6.45, 7) is 5.51. The summed E-state index contributed by atoms with van der Waals surface area (Å²) in [5.74, 6) is -0.993. The molecule has 1 atom stereocenters. The van der Waals surface area contributed by atoms with E-state index in [1.54, 1.807) is 0 Å². The van der Waals surface area contributed by atoms with Crippen LogP contribution in [-0.4, -0.2) is 29.6 Å². The zero-order valence-corrected chi connectivity index (χ0v) is 19.5. The Morgan fingerprint density at radius 2 is 1.27 bits per heavy atom. The van der Waals surface area contributed by atoms with Crippen LogP contribution in [0.1, 0.15) is 43.9 Å². The van der Waals surface area contributed by atoms with Crippen molar-refractivity contribution in [3.63, 3.8) is 0 Å². The van der Waals surface area contributed by atoms with Crippen molar-refractivity contribution >= 4 is 17.5 Å². The minimum atomic E-state index is -0.610. The van der Waals surface area contributed by atoms with E-state index in [1.807, 2.05) is 112 Å². The summed E-state index contributed by atoms with van der Waals surface area (Å²) in [6, 6.07) is 29.4. The quantitative estimate of drug-likeness (QED) is 0.317. The molecule has 4 heteroatoms. The molecule has 0 saturated heterocycles. The Hall–Kier alpha value is -3.53. The normalized spacial score (nSPS) is 12.0. The first-order chi connectivity index (χ1) is 15.8. The van der Waals surface area contributed by atoms with Gasteiger partial charge in [0.2, 0.25) is 0 Å². The highest BCUT2D eigenvalue weighted by Crippen LogP contribution is 2.19. The van der Waals surface area contributed by atoms with Gasteiger partial charge in [-0.2, -0.15) is 0 Å². The number of Topliss-reactive ketones (excluding diaryl/α,β-unsaturated/α-hetero) is 1. The van der Waals surface area contributed by atoms with Crippen LogP contribution in [0.2, 0.25) is 0 Å². The van der Waals surface area contributed by atoms with Gasteiger partial charge in [0.25, 0.3) is 0 Å². The number of aliphatic imine (C=N–C) groups is 1. The molecule has 3 aromatic carbocycles. The van der Waals surface area contributed by atoms with Crippen LogP contribution >= 0.6 is 0 Å². The van der Waals surface area contributed by atoms with Crippen molar-refractivity contribution in [3.8, 4) is 0 Å². The van der Waals surface area contributed by atoms with Crippen molar-refractivity contribution in [1.82, 2.24) is 0 Å². The van der Waals surface area contributed by atoms with Crippen LogP contribution in [0.3, 0.4) is 0 Å². The molecule has 0 amide bonds. The van der Waals surface area contributed by atoms with Gasteiger partial charge in [-0.1, -0.05) is 91.0 Å². The number of carbonyl (C=O) groups is 2. The molecule has 0 saturated carbocycles. The smallest absolute Gasteiger partial charge is 0.310 e. The number of ether oxygens (including phenoxy) is 1. The van der Waals surface area contributed by atoms with Crippen LogP contribution in [0.15, 0.2) is 96.0 Å². The van der Waals surface area contributed by atoms with E-state index in [-0.39, 0.29) is 24.7 Å². The number of hydrogen-bond donors (Lipinski definition) is 0. The van der Waals surface area contributed by atoms with Crippen LogP contribution in [0.5, 0.6) is 0 Å². The maximum atomic E-state index is 13.0. The topological polar surface area (TPSA) is 55.7 Å². The van der Waals surface area contributed by atoms with Crippen molar-refractivity contribution in [1.29, 1.82) is 0 Å². The zero-order chi connectivity index (χ0) is 23.7. The van der Waals surface area contributed by atoms with Crippen molar-refractivity contribution < 1.29 is 14.3 Å². The first-order valence-electron chi connectivity index (χ1n) is 11.3. The summed E-state index contributed by atoms with van der Waals surface area (Å²) in [5.41, 5.74) is 3.05. The van der Waals surface area contributed by atoms with E-state index in [2.05, 4.69) is 4.99 Å². The van der Waals surface area contributed by atoms with Crippen molar-refractivity contribution in [2.75, 3.05) is 6.54 Å². The van der Waals surface area contributed by atoms with E-state index in [4.69, 9.17) is 4.74 Å². The number of esters is 1. The number of benzene rings is 3. The maximum absolute atomic E-state index is 13.0. The van der Waals surface area contributed by atoms with Gasteiger partial charge in [0.15, 0.2) is 5.78 Å². The molecule has 0 aliphatic carbocycles. The summed E-state index contributed by atoms with van der Waals surface area (Å²) in [4.78, 5) is 30.5. The Kier molecular flexibility index (Phi) is 8.31.